The number of sulfone groups is 1. The van der Waals surface area contributed by atoms with Crippen molar-refractivity contribution in [3.8, 4) is 0 Å². The summed E-state index contributed by atoms with van der Waals surface area (Å²) >= 11 is 5.50. The van der Waals surface area contributed by atoms with E-state index < -0.39 is 9.84 Å². The predicted molar refractivity (Wildman–Crippen MR) is 70.3 cm³/mol. The number of nitrogens with zero attached hydrogens (tertiary/aromatic N) is 1. The average Bonchev–Trinajstić information content (AvgIpc) is 2.25. The molecule has 0 aliphatic carbocycles. The molecule has 0 unspecified atom stereocenters. The topological polar surface area (TPSA) is 47.0 Å². The van der Waals surface area contributed by atoms with E-state index in [9.17, 15) is 8.42 Å². The second-order valence-corrected chi connectivity index (χ2v) is 7.43. The summed E-state index contributed by atoms with van der Waals surface area (Å²) in [6, 6.07) is 3.39. The molecule has 0 aliphatic heterocycles. The van der Waals surface area contributed by atoms with Gasteiger partial charge < -0.3 is 0 Å². The van der Waals surface area contributed by atoms with Crippen LogP contribution >= 0.6 is 11.6 Å². The van der Waals surface area contributed by atoms with Crippen molar-refractivity contribution in [2.75, 3.05) is 11.6 Å². The van der Waals surface area contributed by atoms with E-state index in [2.05, 4.69) is 25.8 Å². The fourth-order valence-electron chi connectivity index (χ4n) is 1.36. The molecule has 0 bridgehead atoms. The first-order chi connectivity index (χ1) is 7.77. The molecule has 17 heavy (non-hydrogen) atoms. The molecule has 3 nitrogen and oxygen atoms in total. The van der Waals surface area contributed by atoms with Crippen molar-refractivity contribution in [3.63, 3.8) is 0 Å². The fourth-order valence-corrected chi connectivity index (χ4v) is 2.87. The van der Waals surface area contributed by atoms with Crippen molar-refractivity contribution < 1.29 is 8.42 Å². The summed E-state index contributed by atoms with van der Waals surface area (Å²) in [5.74, 6) is 0.400. The minimum Gasteiger partial charge on any atom is -0.244 e. The minimum absolute atomic E-state index is 0.0224. The number of alkyl halides is 1. The number of hydrogen-bond donors (Lipinski definition) is 0. The maximum atomic E-state index is 11.8. The minimum atomic E-state index is -3.28. The normalized spacial score (nSPS) is 12.7. The third-order valence-corrected chi connectivity index (χ3v) is 4.44. The molecule has 0 aliphatic rings. The molecular weight excluding hydrogens is 258 g/mol. The van der Waals surface area contributed by atoms with Gasteiger partial charge in [-0.3, -0.25) is 0 Å². The van der Waals surface area contributed by atoms with Crippen molar-refractivity contribution in [2.45, 2.75) is 37.6 Å². The van der Waals surface area contributed by atoms with E-state index in [4.69, 9.17) is 11.6 Å². The van der Waals surface area contributed by atoms with Crippen LogP contribution in [0.25, 0.3) is 0 Å². The Hall–Kier alpha value is -0.610. The largest absolute Gasteiger partial charge is 0.244 e. The predicted octanol–water partition coefficient (Wildman–Crippen LogP) is 2.78. The van der Waals surface area contributed by atoms with E-state index in [1.807, 2.05) is 6.07 Å². The highest BCUT2D eigenvalue weighted by molar-refractivity contribution is 7.91. The Bertz CT molecular complexity index is 460. The van der Waals surface area contributed by atoms with Gasteiger partial charge in [-0.1, -0.05) is 26.8 Å². The van der Waals surface area contributed by atoms with Crippen molar-refractivity contribution in [1.29, 1.82) is 0 Å². The smallest absolute Gasteiger partial charge is 0.195 e. The zero-order valence-electron chi connectivity index (χ0n) is 10.4. The monoisotopic (exact) mass is 275 g/mol. The average molecular weight is 276 g/mol. The molecular formula is C12H18ClNO2S. The van der Waals surface area contributed by atoms with Gasteiger partial charge >= 0.3 is 0 Å². The summed E-state index contributed by atoms with van der Waals surface area (Å²) in [5.41, 5.74) is 1.000. The Kier molecular flexibility index (Phi) is 4.55. The van der Waals surface area contributed by atoms with Gasteiger partial charge in [-0.25, -0.2) is 13.4 Å². The van der Waals surface area contributed by atoms with E-state index in [1.54, 1.807) is 12.3 Å². The number of halogens is 1. The van der Waals surface area contributed by atoms with Gasteiger partial charge in [0.25, 0.3) is 0 Å². The molecule has 1 aromatic heterocycles. The van der Waals surface area contributed by atoms with E-state index >= 15 is 0 Å². The highest BCUT2D eigenvalue weighted by Crippen LogP contribution is 2.22. The van der Waals surface area contributed by atoms with Crippen LogP contribution in [0.15, 0.2) is 23.4 Å². The third-order valence-electron chi connectivity index (χ3n) is 2.47. The molecule has 0 amide bonds. The van der Waals surface area contributed by atoms with Crippen molar-refractivity contribution in [2.24, 2.45) is 0 Å². The SMILES string of the molecule is CC(C)(C)c1ccc(S(=O)(=O)CCCCl)nc1. The lowest BCUT2D eigenvalue weighted by atomic mass is 9.88. The van der Waals surface area contributed by atoms with Crippen LogP contribution in [0.3, 0.4) is 0 Å². The van der Waals surface area contributed by atoms with Gasteiger partial charge in [-0.2, -0.15) is 0 Å². The molecule has 0 atom stereocenters. The molecule has 0 saturated heterocycles. The van der Waals surface area contributed by atoms with E-state index in [0.717, 1.165) is 5.56 Å². The van der Waals surface area contributed by atoms with Gasteiger partial charge in [0.15, 0.2) is 14.9 Å². The maximum absolute atomic E-state index is 11.8. The Balaban J connectivity index is 2.95. The Morgan fingerprint density at radius 3 is 2.35 bits per heavy atom. The van der Waals surface area contributed by atoms with Crippen LogP contribution in [0.4, 0.5) is 0 Å². The van der Waals surface area contributed by atoms with Gasteiger partial charge in [0, 0.05) is 12.1 Å². The molecule has 5 heteroatoms. The number of pyridine rings is 1. The molecule has 0 fully saturated rings. The van der Waals surface area contributed by atoms with Crippen LogP contribution in [0.2, 0.25) is 0 Å². The van der Waals surface area contributed by atoms with Crippen LogP contribution in [0, 0.1) is 0 Å². The van der Waals surface area contributed by atoms with Crippen molar-refractivity contribution in [1.82, 2.24) is 4.98 Å². The molecule has 0 saturated carbocycles. The van der Waals surface area contributed by atoms with Crippen LogP contribution in [0.1, 0.15) is 32.8 Å². The lowest BCUT2D eigenvalue weighted by molar-refractivity contribution is 0.579. The first kappa shape index (κ1) is 14.5. The Labute approximate surface area is 108 Å². The van der Waals surface area contributed by atoms with Gasteiger partial charge in [-0.15, -0.1) is 11.6 Å². The summed E-state index contributed by atoms with van der Waals surface area (Å²) in [5, 5.41) is 0.135. The quantitative estimate of drug-likeness (QED) is 0.794. The lowest BCUT2D eigenvalue weighted by Gasteiger charge is -2.18. The number of hydrogen-bond acceptors (Lipinski definition) is 3. The van der Waals surface area contributed by atoms with E-state index in [1.165, 1.54) is 0 Å². The number of aromatic nitrogens is 1. The number of rotatable bonds is 4. The summed E-state index contributed by atoms with van der Waals surface area (Å²) < 4.78 is 23.7. The zero-order chi connectivity index (χ0) is 13.1. The van der Waals surface area contributed by atoms with Crippen LogP contribution in [0.5, 0.6) is 0 Å². The second-order valence-electron chi connectivity index (χ2n) is 5.00. The summed E-state index contributed by atoms with van der Waals surface area (Å²) in [7, 11) is -3.28. The van der Waals surface area contributed by atoms with Gasteiger partial charge in [0.2, 0.25) is 0 Å². The summed E-state index contributed by atoms with van der Waals surface area (Å²) in [6.07, 6.45) is 2.08. The Morgan fingerprint density at radius 2 is 1.94 bits per heavy atom. The van der Waals surface area contributed by atoms with Crippen LogP contribution < -0.4 is 0 Å². The van der Waals surface area contributed by atoms with E-state index in [0.29, 0.717) is 12.3 Å². The Morgan fingerprint density at radius 1 is 1.29 bits per heavy atom. The lowest BCUT2D eigenvalue weighted by Crippen LogP contribution is -2.14. The zero-order valence-corrected chi connectivity index (χ0v) is 12.0. The molecule has 0 radical (unpaired) electrons. The van der Waals surface area contributed by atoms with E-state index in [-0.39, 0.29) is 16.2 Å². The maximum Gasteiger partial charge on any atom is 0.195 e. The first-order valence-corrected chi connectivity index (χ1v) is 7.71. The molecule has 0 spiro atoms. The molecule has 1 heterocycles. The second kappa shape index (κ2) is 5.36. The molecule has 1 rings (SSSR count). The van der Waals surface area contributed by atoms with Crippen molar-refractivity contribution in [3.05, 3.63) is 23.9 Å². The van der Waals surface area contributed by atoms with Gasteiger partial charge in [-0.05, 0) is 23.5 Å². The highest BCUT2D eigenvalue weighted by atomic mass is 35.5. The third kappa shape index (κ3) is 3.96. The first-order valence-electron chi connectivity index (χ1n) is 5.52. The van der Waals surface area contributed by atoms with Crippen LogP contribution in [-0.2, 0) is 15.3 Å². The molecule has 1 aromatic rings. The highest BCUT2D eigenvalue weighted by Gasteiger charge is 2.18. The fraction of sp³-hybridized carbons (Fsp3) is 0.583. The van der Waals surface area contributed by atoms with Gasteiger partial charge in [0.1, 0.15) is 0 Å². The molecule has 96 valence electrons. The summed E-state index contributed by atoms with van der Waals surface area (Å²) in [6.45, 7) is 6.18. The summed E-state index contributed by atoms with van der Waals surface area (Å²) in [4.78, 5) is 4.04. The van der Waals surface area contributed by atoms with Gasteiger partial charge in [0.05, 0.1) is 5.75 Å². The van der Waals surface area contributed by atoms with Crippen molar-refractivity contribution >= 4 is 21.4 Å². The molecule has 0 N–H and O–H groups in total. The molecule has 0 aromatic carbocycles. The standard InChI is InChI=1S/C12H18ClNO2S/c1-12(2,3)10-5-6-11(14-9-10)17(15,16)8-4-7-13/h5-6,9H,4,7-8H2,1-3H3. The van der Waals surface area contributed by atoms with Crippen LogP contribution in [-0.4, -0.2) is 25.0 Å².